The van der Waals surface area contributed by atoms with Crippen molar-refractivity contribution in [3.05, 3.63) is 59.8 Å². The van der Waals surface area contributed by atoms with Crippen LogP contribution in [0.15, 0.2) is 53.7 Å². The summed E-state index contributed by atoms with van der Waals surface area (Å²) in [5.41, 5.74) is 5.88. The number of para-hydroxylation sites is 2. The zero-order valence-corrected chi connectivity index (χ0v) is 13.4. The number of fused-ring (bicyclic) bond motifs is 4. The van der Waals surface area contributed by atoms with Gasteiger partial charge in [-0.2, -0.15) is 0 Å². The Morgan fingerprint density at radius 1 is 0.783 bits per heavy atom. The number of benzene rings is 2. The second-order valence-electron chi connectivity index (χ2n) is 6.60. The zero-order chi connectivity index (χ0) is 16.0. The monoisotopic (exact) mass is 303 g/mol. The van der Waals surface area contributed by atoms with E-state index < -0.39 is 0 Å². The summed E-state index contributed by atoms with van der Waals surface area (Å²) in [6.45, 7) is 5.93. The molecule has 4 rings (SSSR count). The second-order valence-corrected chi connectivity index (χ2v) is 6.60. The van der Waals surface area contributed by atoms with Crippen molar-refractivity contribution < 1.29 is 4.84 Å². The van der Waals surface area contributed by atoms with Gasteiger partial charge in [0.05, 0.1) is 16.7 Å². The van der Waals surface area contributed by atoms with Gasteiger partial charge in [-0.25, -0.2) is 9.97 Å². The lowest BCUT2D eigenvalue weighted by Gasteiger charge is -2.16. The molecule has 0 saturated heterocycles. The third-order valence-corrected chi connectivity index (χ3v) is 3.64. The van der Waals surface area contributed by atoms with Crippen LogP contribution in [0.5, 0.6) is 0 Å². The Labute approximate surface area is 134 Å². The van der Waals surface area contributed by atoms with Gasteiger partial charge in [-0.15, -0.1) is 0 Å². The number of nitrogens with zero attached hydrogens (tertiary/aromatic N) is 3. The molecule has 0 atom stereocenters. The van der Waals surface area contributed by atoms with E-state index in [9.17, 15) is 0 Å². The Morgan fingerprint density at radius 3 is 2.00 bits per heavy atom. The molecule has 1 heterocycles. The maximum Gasteiger partial charge on any atom is 0.138 e. The third-order valence-electron chi connectivity index (χ3n) is 3.64. The predicted octanol–water partition coefficient (Wildman–Crippen LogP) is 4.18. The average Bonchev–Trinajstić information content (AvgIpc) is 2.83. The Bertz CT molecular complexity index is 939. The van der Waals surface area contributed by atoms with Crippen molar-refractivity contribution in [2.75, 3.05) is 0 Å². The molecule has 1 aliphatic carbocycles. The van der Waals surface area contributed by atoms with Gasteiger partial charge >= 0.3 is 0 Å². The zero-order valence-electron chi connectivity index (χ0n) is 13.4. The van der Waals surface area contributed by atoms with Gasteiger partial charge < -0.3 is 4.84 Å². The van der Waals surface area contributed by atoms with Crippen molar-refractivity contribution in [2.24, 2.45) is 5.16 Å². The van der Waals surface area contributed by atoms with Crippen LogP contribution in [-0.4, -0.2) is 21.3 Å². The van der Waals surface area contributed by atoms with E-state index in [0.717, 1.165) is 39.3 Å². The van der Waals surface area contributed by atoms with Crippen molar-refractivity contribution >= 4 is 16.7 Å². The molecular weight excluding hydrogens is 286 g/mol. The van der Waals surface area contributed by atoms with E-state index in [1.54, 1.807) is 0 Å². The highest BCUT2D eigenvalue weighted by atomic mass is 16.6. The maximum absolute atomic E-state index is 5.66. The molecule has 0 N–H and O–H groups in total. The minimum absolute atomic E-state index is 0.352. The summed E-state index contributed by atoms with van der Waals surface area (Å²) in [5.74, 6) is 0. The molecule has 0 amide bonds. The Hall–Kier alpha value is -2.75. The minimum Gasteiger partial charge on any atom is -0.390 e. The molecule has 1 aromatic heterocycles. The van der Waals surface area contributed by atoms with Crippen LogP contribution in [0, 0.1) is 0 Å². The van der Waals surface area contributed by atoms with Gasteiger partial charge in [0.2, 0.25) is 0 Å². The van der Waals surface area contributed by atoms with Gasteiger partial charge in [-0.05, 0) is 32.9 Å². The standard InChI is InChI=1S/C19H17N3O/c1-19(2,3)23-22-17-13-9-5-4-8-12(13)16-18(17)21-15-11-7-6-10-14(15)20-16/h4-11H,1-3H3/b22-17-. The number of hydrogen-bond acceptors (Lipinski definition) is 4. The maximum atomic E-state index is 5.66. The van der Waals surface area contributed by atoms with Crippen LogP contribution >= 0.6 is 0 Å². The highest BCUT2D eigenvalue weighted by molar-refractivity contribution is 6.23. The molecule has 4 nitrogen and oxygen atoms in total. The van der Waals surface area contributed by atoms with E-state index >= 15 is 0 Å². The van der Waals surface area contributed by atoms with Crippen LogP contribution in [0.2, 0.25) is 0 Å². The number of rotatable bonds is 1. The van der Waals surface area contributed by atoms with E-state index in [1.807, 2.05) is 63.2 Å². The van der Waals surface area contributed by atoms with E-state index in [4.69, 9.17) is 14.8 Å². The van der Waals surface area contributed by atoms with Crippen LogP contribution in [0.1, 0.15) is 32.0 Å². The fraction of sp³-hybridized carbons (Fsp3) is 0.211. The van der Waals surface area contributed by atoms with E-state index in [1.165, 1.54) is 0 Å². The number of oxime groups is 1. The lowest BCUT2D eigenvalue weighted by molar-refractivity contribution is 0.00118. The smallest absolute Gasteiger partial charge is 0.138 e. The minimum atomic E-state index is -0.352. The molecule has 3 aromatic rings. The summed E-state index contributed by atoms with van der Waals surface area (Å²) in [7, 11) is 0. The second kappa shape index (κ2) is 4.88. The first-order valence-corrected chi connectivity index (χ1v) is 7.66. The largest absolute Gasteiger partial charge is 0.390 e. The normalized spacial score (nSPS) is 14.8. The van der Waals surface area contributed by atoms with Crippen LogP contribution in [0.4, 0.5) is 0 Å². The van der Waals surface area contributed by atoms with E-state index in [0.29, 0.717) is 0 Å². The molecule has 0 radical (unpaired) electrons. The molecule has 0 unspecified atom stereocenters. The van der Waals surface area contributed by atoms with Crippen molar-refractivity contribution in [3.63, 3.8) is 0 Å². The highest BCUT2D eigenvalue weighted by Gasteiger charge is 2.29. The van der Waals surface area contributed by atoms with Crippen LogP contribution < -0.4 is 0 Å². The van der Waals surface area contributed by atoms with Crippen molar-refractivity contribution in [2.45, 2.75) is 26.4 Å². The summed E-state index contributed by atoms with van der Waals surface area (Å²) in [6.07, 6.45) is 0. The highest BCUT2D eigenvalue weighted by Crippen LogP contribution is 2.35. The molecule has 23 heavy (non-hydrogen) atoms. The van der Waals surface area contributed by atoms with Gasteiger partial charge in [0.1, 0.15) is 17.0 Å². The van der Waals surface area contributed by atoms with Gasteiger partial charge in [-0.1, -0.05) is 41.6 Å². The predicted molar refractivity (Wildman–Crippen MR) is 91.5 cm³/mol. The first-order chi connectivity index (χ1) is 11.0. The summed E-state index contributed by atoms with van der Waals surface area (Å²) < 4.78 is 0. The SMILES string of the molecule is CC(C)(C)O/N=C1/c2ccccc2-c2nc3ccccc3nc21. The van der Waals surface area contributed by atoms with Crippen LogP contribution in [-0.2, 0) is 4.84 Å². The van der Waals surface area contributed by atoms with Crippen molar-refractivity contribution in [3.8, 4) is 11.3 Å². The van der Waals surface area contributed by atoms with Gasteiger partial charge in [0.15, 0.2) is 0 Å². The molecule has 0 fully saturated rings. The van der Waals surface area contributed by atoms with Crippen LogP contribution in [0.25, 0.3) is 22.3 Å². The van der Waals surface area contributed by atoms with Gasteiger partial charge in [-0.3, -0.25) is 0 Å². The summed E-state index contributed by atoms with van der Waals surface area (Å²) in [6, 6.07) is 16.0. The molecular formula is C19H17N3O. The van der Waals surface area contributed by atoms with Crippen molar-refractivity contribution in [1.29, 1.82) is 0 Å². The molecule has 4 heteroatoms. The Morgan fingerprint density at radius 2 is 1.35 bits per heavy atom. The van der Waals surface area contributed by atoms with E-state index in [-0.39, 0.29) is 5.60 Å². The molecule has 0 spiro atoms. The topological polar surface area (TPSA) is 47.4 Å². The quantitative estimate of drug-likeness (QED) is 0.496. The molecule has 0 aliphatic heterocycles. The number of hydrogen-bond donors (Lipinski definition) is 0. The Kier molecular flexibility index (Phi) is 2.94. The summed E-state index contributed by atoms with van der Waals surface area (Å²) in [5, 5.41) is 4.40. The summed E-state index contributed by atoms with van der Waals surface area (Å²) >= 11 is 0. The molecule has 0 saturated carbocycles. The first kappa shape index (κ1) is 13.9. The average molecular weight is 303 g/mol. The van der Waals surface area contributed by atoms with Gasteiger partial charge in [0, 0.05) is 11.1 Å². The Balaban J connectivity index is 1.97. The molecule has 0 bridgehead atoms. The fourth-order valence-electron chi connectivity index (χ4n) is 2.65. The lowest BCUT2D eigenvalue weighted by Crippen LogP contribution is -2.17. The van der Waals surface area contributed by atoms with Crippen molar-refractivity contribution in [1.82, 2.24) is 9.97 Å². The molecule has 1 aliphatic rings. The lowest BCUT2D eigenvalue weighted by atomic mass is 10.1. The third kappa shape index (κ3) is 2.36. The molecule has 2 aromatic carbocycles. The summed E-state index contributed by atoms with van der Waals surface area (Å²) in [4.78, 5) is 15.2. The van der Waals surface area contributed by atoms with E-state index in [2.05, 4.69) is 11.2 Å². The number of aromatic nitrogens is 2. The molecule has 114 valence electrons. The van der Waals surface area contributed by atoms with Crippen LogP contribution in [0.3, 0.4) is 0 Å². The first-order valence-electron chi connectivity index (χ1n) is 7.66. The fourth-order valence-corrected chi connectivity index (χ4v) is 2.65. The van der Waals surface area contributed by atoms with Gasteiger partial charge in [0.25, 0.3) is 0 Å².